The SMILES string of the molecule is Cc1cc(C)n(CCCNS(=O)(=O)CCC2CCS(=O)(=O)C2)n1. The summed E-state index contributed by atoms with van der Waals surface area (Å²) in [7, 11) is -6.28. The topological polar surface area (TPSA) is 98.1 Å². The van der Waals surface area contributed by atoms with E-state index in [1.54, 1.807) is 0 Å². The lowest BCUT2D eigenvalue weighted by Crippen LogP contribution is -2.29. The van der Waals surface area contributed by atoms with Crippen LogP contribution in [0.1, 0.15) is 30.7 Å². The minimum Gasteiger partial charge on any atom is -0.270 e. The summed E-state index contributed by atoms with van der Waals surface area (Å²) >= 11 is 0. The number of aromatic nitrogens is 2. The minimum absolute atomic E-state index is 0.00685. The predicted octanol–water partition coefficient (Wildman–Crippen LogP) is 0.634. The molecule has 9 heteroatoms. The van der Waals surface area contributed by atoms with Gasteiger partial charge in [0.1, 0.15) is 0 Å². The van der Waals surface area contributed by atoms with Crippen molar-refractivity contribution in [1.82, 2.24) is 14.5 Å². The molecular weight excluding hydrogens is 338 g/mol. The van der Waals surface area contributed by atoms with Crippen LogP contribution in [0.15, 0.2) is 6.07 Å². The maximum Gasteiger partial charge on any atom is 0.211 e. The fraction of sp³-hybridized carbons (Fsp3) is 0.786. The number of hydrogen-bond acceptors (Lipinski definition) is 5. The predicted molar refractivity (Wildman–Crippen MR) is 89.5 cm³/mol. The Kier molecular flexibility index (Phi) is 5.85. The van der Waals surface area contributed by atoms with Crippen LogP contribution in [0.3, 0.4) is 0 Å². The van der Waals surface area contributed by atoms with E-state index < -0.39 is 19.9 Å². The van der Waals surface area contributed by atoms with E-state index in [0.29, 0.717) is 32.4 Å². The minimum atomic E-state index is -3.34. The third-order valence-electron chi connectivity index (χ3n) is 4.09. The molecule has 2 rings (SSSR count). The maximum absolute atomic E-state index is 11.9. The number of rotatable bonds is 8. The Morgan fingerprint density at radius 1 is 1.39 bits per heavy atom. The largest absolute Gasteiger partial charge is 0.270 e. The quantitative estimate of drug-likeness (QED) is 0.683. The number of sulfonamides is 1. The molecule has 1 aliphatic heterocycles. The fourth-order valence-electron chi connectivity index (χ4n) is 2.85. The molecule has 0 aliphatic carbocycles. The molecule has 1 aromatic rings. The van der Waals surface area contributed by atoms with Crippen molar-refractivity contribution >= 4 is 19.9 Å². The molecule has 0 aromatic carbocycles. The second kappa shape index (κ2) is 7.31. The number of sulfone groups is 1. The molecule has 0 spiro atoms. The van der Waals surface area contributed by atoms with E-state index in [1.807, 2.05) is 24.6 Å². The van der Waals surface area contributed by atoms with Crippen LogP contribution in [0, 0.1) is 19.8 Å². The molecular formula is C14H25N3O4S2. The molecule has 0 saturated carbocycles. The zero-order chi connectivity index (χ0) is 17.1. The molecule has 23 heavy (non-hydrogen) atoms. The van der Waals surface area contributed by atoms with Gasteiger partial charge in [0.2, 0.25) is 10.0 Å². The van der Waals surface area contributed by atoms with Gasteiger partial charge in [-0.2, -0.15) is 5.10 Å². The van der Waals surface area contributed by atoms with Crippen molar-refractivity contribution in [2.24, 2.45) is 5.92 Å². The average Bonchev–Trinajstić information content (AvgIpc) is 2.94. The van der Waals surface area contributed by atoms with Crippen molar-refractivity contribution in [3.63, 3.8) is 0 Å². The Morgan fingerprint density at radius 2 is 2.13 bits per heavy atom. The Morgan fingerprint density at radius 3 is 2.70 bits per heavy atom. The van der Waals surface area contributed by atoms with Gasteiger partial charge in [0, 0.05) is 18.8 Å². The molecule has 2 heterocycles. The summed E-state index contributed by atoms with van der Waals surface area (Å²) < 4.78 is 51.1. The highest BCUT2D eigenvalue weighted by atomic mass is 32.2. The van der Waals surface area contributed by atoms with Gasteiger partial charge in [-0.05, 0) is 45.1 Å². The van der Waals surface area contributed by atoms with Crippen LogP contribution in [0.5, 0.6) is 0 Å². The highest BCUT2D eigenvalue weighted by Crippen LogP contribution is 2.21. The van der Waals surface area contributed by atoms with E-state index in [4.69, 9.17) is 0 Å². The molecule has 7 nitrogen and oxygen atoms in total. The molecule has 1 unspecified atom stereocenters. The number of aryl methyl sites for hydroxylation is 3. The fourth-order valence-corrected chi connectivity index (χ4v) is 6.01. The van der Waals surface area contributed by atoms with Crippen LogP contribution in [0.2, 0.25) is 0 Å². The first kappa shape index (κ1) is 18.4. The normalized spacial score (nSPS) is 20.9. The second-order valence-corrected chi connectivity index (χ2v) is 10.4. The summed E-state index contributed by atoms with van der Waals surface area (Å²) in [6, 6.07) is 1.99. The van der Waals surface area contributed by atoms with Crippen LogP contribution >= 0.6 is 0 Å². The van der Waals surface area contributed by atoms with Gasteiger partial charge in [0.05, 0.1) is 23.0 Å². The van der Waals surface area contributed by atoms with E-state index in [1.165, 1.54) is 0 Å². The van der Waals surface area contributed by atoms with Crippen molar-refractivity contribution in [2.45, 2.75) is 39.7 Å². The molecule has 1 atom stereocenters. The number of nitrogens with zero attached hydrogens (tertiary/aromatic N) is 2. The first-order chi connectivity index (χ1) is 10.7. The average molecular weight is 364 g/mol. The van der Waals surface area contributed by atoms with Crippen molar-refractivity contribution < 1.29 is 16.8 Å². The summed E-state index contributed by atoms with van der Waals surface area (Å²) in [6.45, 7) is 4.93. The van der Waals surface area contributed by atoms with Crippen molar-refractivity contribution in [3.05, 3.63) is 17.5 Å². The highest BCUT2D eigenvalue weighted by Gasteiger charge is 2.28. The molecule has 1 aromatic heterocycles. The van der Waals surface area contributed by atoms with Gasteiger partial charge in [-0.25, -0.2) is 21.6 Å². The third-order valence-corrected chi connectivity index (χ3v) is 7.35. The van der Waals surface area contributed by atoms with Crippen LogP contribution in [-0.2, 0) is 26.4 Å². The van der Waals surface area contributed by atoms with E-state index >= 15 is 0 Å². The Balaban J connectivity index is 1.69. The van der Waals surface area contributed by atoms with E-state index in [9.17, 15) is 16.8 Å². The van der Waals surface area contributed by atoms with Gasteiger partial charge >= 0.3 is 0 Å². The van der Waals surface area contributed by atoms with Gasteiger partial charge in [0.15, 0.2) is 9.84 Å². The zero-order valence-corrected chi connectivity index (χ0v) is 15.3. The number of nitrogens with one attached hydrogen (secondary N) is 1. The van der Waals surface area contributed by atoms with Crippen molar-refractivity contribution in [3.8, 4) is 0 Å². The molecule has 1 aliphatic rings. The molecule has 0 bridgehead atoms. The van der Waals surface area contributed by atoms with Gasteiger partial charge in [-0.3, -0.25) is 4.68 Å². The summed E-state index contributed by atoms with van der Waals surface area (Å²) in [6.07, 6.45) is 1.65. The van der Waals surface area contributed by atoms with Gasteiger partial charge in [-0.15, -0.1) is 0 Å². The third kappa shape index (κ3) is 5.89. The standard InChI is InChI=1S/C14H25N3O4S2/c1-12-10-13(2)17(16-12)7-3-6-15-23(20,21)9-5-14-4-8-22(18,19)11-14/h10,14-15H,3-9,11H2,1-2H3. The Labute approximate surface area is 138 Å². The summed E-state index contributed by atoms with van der Waals surface area (Å²) in [5.41, 5.74) is 2.02. The first-order valence-corrected chi connectivity index (χ1v) is 11.3. The van der Waals surface area contributed by atoms with Crippen LogP contribution in [-0.4, -0.2) is 50.4 Å². The van der Waals surface area contributed by atoms with Gasteiger partial charge in [-0.1, -0.05) is 0 Å². The number of hydrogen-bond donors (Lipinski definition) is 1. The van der Waals surface area contributed by atoms with Crippen LogP contribution in [0.4, 0.5) is 0 Å². The molecule has 1 N–H and O–H groups in total. The van der Waals surface area contributed by atoms with E-state index in [0.717, 1.165) is 11.4 Å². The molecule has 132 valence electrons. The molecule has 1 saturated heterocycles. The Bertz CT molecular complexity index is 738. The lowest BCUT2D eigenvalue weighted by atomic mass is 10.1. The lowest BCUT2D eigenvalue weighted by Gasteiger charge is -2.10. The van der Waals surface area contributed by atoms with Crippen molar-refractivity contribution in [1.29, 1.82) is 0 Å². The molecule has 1 fully saturated rings. The van der Waals surface area contributed by atoms with Gasteiger partial charge in [0.25, 0.3) is 0 Å². The molecule has 0 radical (unpaired) electrons. The van der Waals surface area contributed by atoms with Crippen LogP contribution in [0.25, 0.3) is 0 Å². The summed E-state index contributed by atoms with van der Waals surface area (Å²) in [5.74, 6) is 0.285. The van der Waals surface area contributed by atoms with Crippen molar-refractivity contribution in [2.75, 3.05) is 23.8 Å². The summed E-state index contributed by atoms with van der Waals surface area (Å²) in [4.78, 5) is 0. The van der Waals surface area contributed by atoms with E-state index in [2.05, 4.69) is 9.82 Å². The van der Waals surface area contributed by atoms with Gasteiger partial charge < -0.3 is 0 Å². The van der Waals surface area contributed by atoms with Crippen LogP contribution < -0.4 is 4.72 Å². The van der Waals surface area contributed by atoms with E-state index in [-0.39, 0.29) is 23.2 Å². The smallest absolute Gasteiger partial charge is 0.211 e. The summed E-state index contributed by atoms with van der Waals surface area (Å²) in [5, 5.41) is 4.33. The zero-order valence-electron chi connectivity index (χ0n) is 13.7. The lowest BCUT2D eigenvalue weighted by molar-refractivity contribution is 0.531. The monoisotopic (exact) mass is 363 g/mol. The Hall–Kier alpha value is -0.930. The highest BCUT2D eigenvalue weighted by molar-refractivity contribution is 7.91. The molecule has 0 amide bonds. The maximum atomic E-state index is 11.9. The first-order valence-electron chi connectivity index (χ1n) is 7.86. The second-order valence-electron chi connectivity index (χ2n) is 6.27.